The van der Waals surface area contributed by atoms with Gasteiger partial charge in [-0.25, -0.2) is 0 Å². The number of hydrogen-bond donors (Lipinski definition) is 3. The van der Waals surface area contributed by atoms with Gasteiger partial charge in [-0.1, -0.05) is 0 Å². The van der Waals surface area contributed by atoms with Crippen LogP contribution in [0, 0.1) is 0 Å². The Bertz CT molecular complexity index is 245. The van der Waals surface area contributed by atoms with Gasteiger partial charge in [0.1, 0.15) is 6.54 Å². The molecule has 7 heteroatoms. The lowest BCUT2D eigenvalue weighted by atomic mass is 10.5. The minimum atomic E-state index is -0.508. The molecular formula is C8H14N2O4S. The Morgan fingerprint density at radius 2 is 1.73 bits per heavy atom. The van der Waals surface area contributed by atoms with Crippen LogP contribution in [0.4, 0.5) is 0 Å². The third kappa shape index (κ3) is 7.80. The fraction of sp³-hybridized carbons (Fsp3) is 0.625. The molecule has 0 saturated heterocycles. The number of hydrogen-bond acceptors (Lipinski definition) is 5. The van der Waals surface area contributed by atoms with E-state index in [0.29, 0.717) is 0 Å². The monoisotopic (exact) mass is 234 g/mol. The maximum absolute atomic E-state index is 11.0. The van der Waals surface area contributed by atoms with E-state index >= 15 is 0 Å². The molecule has 2 N–H and O–H groups in total. The molecule has 0 rings (SSSR count). The van der Waals surface area contributed by atoms with E-state index in [0.717, 1.165) is 0 Å². The first-order valence-electron chi connectivity index (χ1n) is 4.40. The van der Waals surface area contributed by atoms with E-state index in [2.05, 4.69) is 28.0 Å². The van der Waals surface area contributed by atoms with Crippen molar-refractivity contribution in [3.63, 3.8) is 0 Å². The first-order valence-corrected chi connectivity index (χ1v) is 5.03. The maximum Gasteiger partial charge on any atom is 0.325 e. The highest BCUT2D eigenvalue weighted by molar-refractivity contribution is 7.81. The number of nitrogens with one attached hydrogen (secondary N) is 2. The van der Waals surface area contributed by atoms with Crippen molar-refractivity contribution < 1.29 is 19.1 Å². The van der Waals surface area contributed by atoms with Crippen LogP contribution in [0.15, 0.2) is 0 Å². The van der Waals surface area contributed by atoms with Gasteiger partial charge in [-0.05, 0) is 6.92 Å². The van der Waals surface area contributed by atoms with Crippen molar-refractivity contribution in [1.82, 2.24) is 10.6 Å². The quantitative estimate of drug-likeness (QED) is 0.394. The highest BCUT2D eigenvalue weighted by Gasteiger charge is 2.06. The number of esters is 1. The molecule has 0 aromatic heterocycles. The summed E-state index contributed by atoms with van der Waals surface area (Å²) in [6, 6.07) is 0. The SMILES string of the molecule is CCOC(=O)CNC(=O)CNC(=O)CS. The first kappa shape index (κ1) is 13.8. The third-order valence-electron chi connectivity index (χ3n) is 1.32. The van der Waals surface area contributed by atoms with Gasteiger partial charge in [-0.2, -0.15) is 12.6 Å². The van der Waals surface area contributed by atoms with Gasteiger partial charge < -0.3 is 15.4 Å². The predicted octanol–water partition coefficient (Wildman–Crippen LogP) is -1.29. The van der Waals surface area contributed by atoms with E-state index in [1.54, 1.807) is 6.92 Å². The largest absolute Gasteiger partial charge is 0.465 e. The zero-order valence-corrected chi connectivity index (χ0v) is 9.30. The van der Waals surface area contributed by atoms with Gasteiger partial charge in [0, 0.05) is 0 Å². The normalized spacial score (nSPS) is 9.20. The summed E-state index contributed by atoms with van der Waals surface area (Å²) in [5.41, 5.74) is 0. The van der Waals surface area contributed by atoms with Crippen LogP contribution in [0.1, 0.15) is 6.92 Å². The number of carbonyl (C=O) groups is 3. The smallest absolute Gasteiger partial charge is 0.325 e. The van der Waals surface area contributed by atoms with Crippen LogP contribution >= 0.6 is 12.6 Å². The van der Waals surface area contributed by atoms with Crippen LogP contribution in [0.3, 0.4) is 0 Å². The summed E-state index contributed by atoms with van der Waals surface area (Å²) in [5.74, 6) is -1.28. The lowest BCUT2D eigenvalue weighted by molar-refractivity contribution is -0.143. The topological polar surface area (TPSA) is 84.5 Å². The predicted molar refractivity (Wildman–Crippen MR) is 56.5 cm³/mol. The molecule has 0 aliphatic heterocycles. The molecule has 0 bridgehead atoms. The van der Waals surface area contributed by atoms with E-state index in [9.17, 15) is 14.4 Å². The summed E-state index contributed by atoms with van der Waals surface area (Å²) in [5, 5.41) is 4.60. The van der Waals surface area contributed by atoms with Crippen molar-refractivity contribution in [3.05, 3.63) is 0 Å². The minimum Gasteiger partial charge on any atom is -0.465 e. The number of ether oxygens (including phenoxy) is 1. The maximum atomic E-state index is 11.0. The average Bonchev–Trinajstić information content (AvgIpc) is 2.23. The molecule has 2 amide bonds. The van der Waals surface area contributed by atoms with E-state index < -0.39 is 11.9 Å². The van der Waals surface area contributed by atoms with Crippen LogP contribution < -0.4 is 10.6 Å². The van der Waals surface area contributed by atoms with Gasteiger partial charge in [-0.3, -0.25) is 14.4 Å². The highest BCUT2D eigenvalue weighted by Crippen LogP contribution is 1.76. The molecule has 0 aliphatic carbocycles. The van der Waals surface area contributed by atoms with Crippen molar-refractivity contribution >= 4 is 30.4 Å². The van der Waals surface area contributed by atoms with E-state index in [-0.39, 0.29) is 31.4 Å². The van der Waals surface area contributed by atoms with Crippen molar-refractivity contribution in [2.45, 2.75) is 6.92 Å². The number of thiol groups is 1. The molecule has 0 saturated carbocycles. The molecule has 0 aromatic rings. The first-order chi connectivity index (χ1) is 7.10. The Labute approximate surface area is 93.1 Å². The standard InChI is InChI=1S/C8H14N2O4S/c1-2-14-8(13)4-10-6(11)3-9-7(12)5-15/h15H,2-5H2,1H3,(H,9,12)(H,10,11). The second-order valence-electron chi connectivity index (χ2n) is 2.52. The molecule has 86 valence electrons. The summed E-state index contributed by atoms with van der Waals surface area (Å²) in [6.45, 7) is 1.58. The van der Waals surface area contributed by atoms with Crippen LogP contribution in [-0.4, -0.2) is 43.2 Å². The van der Waals surface area contributed by atoms with Gasteiger partial charge >= 0.3 is 5.97 Å². The Morgan fingerprint density at radius 3 is 2.27 bits per heavy atom. The minimum absolute atomic E-state index is 0.0190. The molecule has 0 aliphatic rings. The molecule has 0 radical (unpaired) electrons. The third-order valence-corrected chi connectivity index (χ3v) is 1.61. The summed E-state index contributed by atoms with van der Waals surface area (Å²) >= 11 is 3.71. The second kappa shape index (κ2) is 8.10. The highest BCUT2D eigenvalue weighted by atomic mass is 32.1. The fourth-order valence-electron chi connectivity index (χ4n) is 0.680. The second-order valence-corrected chi connectivity index (χ2v) is 2.83. The fourth-order valence-corrected chi connectivity index (χ4v) is 0.792. The molecule has 0 atom stereocenters. The molecule has 0 spiro atoms. The average molecular weight is 234 g/mol. The number of rotatable bonds is 6. The van der Waals surface area contributed by atoms with Crippen LogP contribution in [-0.2, 0) is 19.1 Å². The lowest BCUT2D eigenvalue weighted by Crippen LogP contribution is -2.39. The molecule has 15 heavy (non-hydrogen) atoms. The van der Waals surface area contributed by atoms with Crippen molar-refractivity contribution in [1.29, 1.82) is 0 Å². The van der Waals surface area contributed by atoms with Crippen LogP contribution in [0.25, 0.3) is 0 Å². The summed E-state index contributed by atoms with van der Waals surface area (Å²) in [4.78, 5) is 32.5. The number of amides is 2. The number of carbonyl (C=O) groups excluding carboxylic acids is 3. The van der Waals surface area contributed by atoms with Crippen molar-refractivity contribution in [3.8, 4) is 0 Å². The van der Waals surface area contributed by atoms with Gasteiger partial charge in [0.15, 0.2) is 0 Å². The van der Waals surface area contributed by atoms with Gasteiger partial charge in [0.05, 0.1) is 18.9 Å². The molecule has 0 aromatic carbocycles. The summed E-state index contributed by atoms with van der Waals surface area (Å²) < 4.78 is 4.59. The van der Waals surface area contributed by atoms with Crippen molar-refractivity contribution in [2.24, 2.45) is 0 Å². The zero-order chi connectivity index (χ0) is 11.7. The van der Waals surface area contributed by atoms with E-state index in [1.165, 1.54) is 0 Å². The summed E-state index contributed by atoms with van der Waals surface area (Å²) in [6.07, 6.45) is 0. The molecular weight excluding hydrogens is 220 g/mol. The molecule has 0 fully saturated rings. The van der Waals surface area contributed by atoms with Crippen molar-refractivity contribution in [2.75, 3.05) is 25.4 Å². The lowest BCUT2D eigenvalue weighted by Gasteiger charge is -2.05. The van der Waals surface area contributed by atoms with Gasteiger partial charge in [-0.15, -0.1) is 0 Å². The Kier molecular flexibility index (Phi) is 7.43. The van der Waals surface area contributed by atoms with Gasteiger partial charge in [0.2, 0.25) is 11.8 Å². The molecule has 0 heterocycles. The Balaban J connectivity index is 3.57. The van der Waals surface area contributed by atoms with Gasteiger partial charge in [0.25, 0.3) is 0 Å². The Hall–Kier alpha value is -1.24. The van der Waals surface area contributed by atoms with E-state index in [4.69, 9.17) is 0 Å². The summed E-state index contributed by atoms with van der Waals surface area (Å²) in [7, 11) is 0. The molecule has 6 nitrogen and oxygen atoms in total. The zero-order valence-electron chi connectivity index (χ0n) is 8.41. The van der Waals surface area contributed by atoms with E-state index in [1.807, 2.05) is 0 Å². The van der Waals surface area contributed by atoms with Crippen LogP contribution in [0.2, 0.25) is 0 Å². The Morgan fingerprint density at radius 1 is 1.13 bits per heavy atom. The van der Waals surface area contributed by atoms with Crippen LogP contribution in [0.5, 0.6) is 0 Å². The molecule has 0 unspecified atom stereocenters.